The third-order valence-corrected chi connectivity index (χ3v) is 5.17. The van der Waals surface area contributed by atoms with E-state index in [0.717, 1.165) is 37.0 Å². The van der Waals surface area contributed by atoms with Crippen molar-refractivity contribution < 1.29 is 9.53 Å². The molecule has 28 heavy (non-hydrogen) atoms. The number of aryl methyl sites for hydroxylation is 1. The summed E-state index contributed by atoms with van der Waals surface area (Å²) in [6.45, 7) is 10.0. The molecule has 5 heteroatoms. The van der Waals surface area contributed by atoms with E-state index < -0.39 is 6.09 Å². The Morgan fingerprint density at radius 3 is 2.89 bits per heavy atom. The summed E-state index contributed by atoms with van der Waals surface area (Å²) >= 11 is 0. The quantitative estimate of drug-likeness (QED) is 0.603. The fraction of sp³-hybridized carbons (Fsp3) is 0.522. The minimum Gasteiger partial charge on any atom is -0.445 e. The Morgan fingerprint density at radius 1 is 1.32 bits per heavy atom. The van der Waals surface area contributed by atoms with Crippen LogP contribution in [-0.4, -0.2) is 29.8 Å². The molecule has 1 unspecified atom stereocenters. The molecular formula is C23H33N3O2. The Bertz CT molecular complexity index is 845. The van der Waals surface area contributed by atoms with Gasteiger partial charge in [-0.3, -0.25) is 5.32 Å². The van der Waals surface area contributed by atoms with E-state index in [1.54, 1.807) is 0 Å². The second-order valence-corrected chi connectivity index (χ2v) is 8.69. The van der Waals surface area contributed by atoms with Crippen molar-refractivity contribution in [2.75, 3.05) is 18.5 Å². The Hall–Kier alpha value is -2.27. The standard InChI is InChI=1S/C23H33N3O2/c1-5-6-7-12-28-22(27)25-17-9-11-21-19(14-17)18-13-16(8-10-20(18)26-21)15-24-23(2,3)4/h6-7,9,11,14,16,24,26H,5,8,10,12-13,15H2,1-4H3,(H,25,27)/b7-6+. The molecule has 0 bridgehead atoms. The predicted molar refractivity (Wildman–Crippen MR) is 116 cm³/mol. The average molecular weight is 384 g/mol. The molecule has 1 aromatic heterocycles. The van der Waals surface area contributed by atoms with Gasteiger partial charge in [-0.15, -0.1) is 0 Å². The molecule has 1 aliphatic rings. The highest BCUT2D eigenvalue weighted by atomic mass is 16.5. The van der Waals surface area contributed by atoms with E-state index in [1.165, 1.54) is 23.1 Å². The van der Waals surface area contributed by atoms with Gasteiger partial charge in [0.2, 0.25) is 0 Å². The van der Waals surface area contributed by atoms with Gasteiger partial charge in [-0.05, 0) is 82.7 Å². The van der Waals surface area contributed by atoms with Crippen LogP contribution < -0.4 is 10.6 Å². The third-order valence-electron chi connectivity index (χ3n) is 5.17. The molecule has 0 aliphatic heterocycles. The van der Waals surface area contributed by atoms with Crippen molar-refractivity contribution in [3.8, 4) is 0 Å². The van der Waals surface area contributed by atoms with Crippen molar-refractivity contribution in [3.05, 3.63) is 41.6 Å². The van der Waals surface area contributed by atoms with Crippen molar-refractivity contribution in [2.45, 2.75) is 58.9 Å². The van der Waals surface area contributed by atoms with E-state index in [4.69, 9.17) is 4.74 Å². The average Bonchev–Trinajstić information content (AvgIpc) is 3.00. The molecule has 0 saturated carbocycles. The van der Waals surface area contributed by atoms with E-state index in [0.29, 0.717) is 12.5 Å². The number of amides is 1. The number of hydrogen-bond acceptors (Lipinski definition) is 3. The molecule has 1 amide bonds. The predicted octanol–water partition coefficient (Wildman–Crippen LogP) is 5.18. The fourth-order valence-corrected chi connectivity index (χ4v) is 3.70. The first-order valence-electron chi connectivity index (χ1n) is 10.3. The first kappa shape index (κ1) is 20.5. The summed E-state index contributed by atoms with van der Waals surface area (Å²) in [4.78, 5) is 15.6. The Morgan fingerprint density at radius 2 is 2.14 bits per heavy atom. The van der Waals surface area contributed by atoms with Crippen LogP contribution in [0.5, 0.6) is 0 Å². The van der Waals surface area contributed by atoms with Crippen LogP contribution in [0.4, 0.5) is 10.5 Å². The van der Waals surface area contributed by atoms with Gasteiger partial charge >= 0.3 is 6.09 Å². The normalized spacial score (nSPS) is 17.1. The third kappa shape index (κ3) is 5.38. The summed E-state index contributed by atoms with van der Waals surface area (Å²) < 4.78 is 5.18. The maximum atomic E-state index is 12.0. The maximum absolute atomic E-state index is 12.0. The molecule has 1 atom stereocenters. The van der Waals surface area contributed by atoms with E-state index in [-0.39, 0.29) is 5.54 Å². The molecule has 0 radical (unpaired) electrons. The van der Waals surface area contributed by atoms with Crippen molar-refractivity contribution in [2.24, 2.45) is 5.92 Å². The number of benzene rings is 1. The van der Waals surface area contributed by atoms with Crippen LogP contribution in [0.2, 0.25) is 0 Å². The molecule has 0 saturated heterocycles. The molecule has 2 aromatic rings. The van der Waals surface area contributed by atoms with Gasteiger partial charge in [-0.2, -0.15) is 0 Å². The van der Waals surface area contributed by atoms with Gasteiger partial charge in [-0.25, -0.2) is 4.79 Å². The Kier molecular flexibility index (Phi) is 6.45. The smallest absolute Gasteiger partial charge is 0.411 e. The molecule has 0 spiro atoms. The highest BCUT2D eigenvalue weighted by molar-refractivity contribution is 5.92. The first-order valence-corrected chi connectivity index (χ1v) is 10.3. The second kappa shape index (κ2) is 8.82. The van der Waals surface area contributed by atoms with Gasteiger partial charge in [0.1, 0.15) is 6.61 Å². The van der Waals surface area contributed by atoms with Crippen molar-refractivity contribution in [1.82, 2.24) is 10.3 Å². The summed E-state index contributed by atoms with van der Waals surface area (Å²) in [6, 6.07) is 6.03. The minimum atomic E-state index is -0.420. The number of carbonyl (C=O) groups excluding carboxylic acids is 1. The number of ether oxygens (including phenoxy) is 1. The number of allylic oxidation sites excluding steroid dienone is 1. The number of rotatable bonds is 6. The number of hydrogen-bond donors (Lipinski definition) is 3. The SMILES string of the molecule is CC/C=C/COC(=O)Nc1ccc2[nH]c3c(c2c1)CC(CNC(C)(C)C)CC3. The van der Waals surface area contributed by atoms with Crippen molar-refractivity contribution in [1.29, 1.82) is 0 Å². The lowest BCUT2D eigenvalue weighted by Gasteiger charge is -2.28. The van der Waals surface area contributed by atoms with Gasteiger partial charge in [-0.1, -0.05) is 19.1 Å². The number of fused-ring (bicyclic) bond motifs is 3. The Balaban J connectivity index is 1.69. The summed E-state index contributed by atoms with van der Waals surface area (Å²) in [6.07, 6.45) is 7.70. The van der Waals surface area contributed by atoms with E-state index >= 15 is 0 Å². The molecule has 5 nitrogen and oxygen atoms in total. The topological polar surface area (TPSA) is 66.1 Å². The molecule has 3 N–H and O–H groups in total. The van der Waals surface area contributed by atoms with Crippen LogP contribution in [0.25, 0.3) is 10.9 Å². The first-order chi connectivity index (χ1) is 13.4. The van der Waals surface area contributed by atoms with Crippen LogP contribution in [0.15, 0.2) is 30.4 Å². The minimum absolute atomic E-state index is 0.143. The lowest BCUT2D eigenvalue weighted by molar-refractivity contribution is 0.174. The zero-order valence-corrected chi connectivity index (χ0v) is 17.5. The molecule has 1 aliphatic carbocycles. The summed E-state index contributed by atoms with van der Waals surface area (Å²) in [7, 11) is 0. The van der Waals surface area contributed by atoms with Gasteiger partial charge < -0.3 is 15.0 Å². The molecule has 1 aromatic carbocycles. The highest BCUT2D eigenvalue weighted by Gasteiger charge is 2.24. The molecular weight excluding hydrogens is 350 g/mol. The molecule has 0 fully saturated rings. The largest absolute Gasteiger partial charge is 0.445 e. The van der Waals surface area contributed by atoms with E-state index in [2.05, 4.69) is 42.5 Å². The zero-order chi connectivity index (χ0) is 20.1. The lowest BCUT2D eigenvalue weighted by atomic mass is 9.86. The summed E-state index contributed by atoms with van der Waals surface area (Å²) in [5.41, 5.74) is 4.79. The van der Waals surface area contributed by atoms with Gasteiger partial charge in [0.05, 0.1) is 0 Å². The number of carbonyl (C=O) groups is 1. The molecule has 152 valence electrons. The van der Waals surface area contributed by atoms with E-state index in [9.17, 15) is 4.79 Å². The van der Waals surface area contributed by atoms with Crippen LogP contribution in [0.1, 0.15) is 51.8 Å². The van der Waals surface area contributed by atoms with Gasteiger partial charge in [0.15, 0.2) is 0 Å². The van der Waals surface area contributed by atoms with Gasteiger partial charge in [0, 0.05) is 27.8 Å². The number of nitrogens with one attached hydrogen (secondary N) is 3. The van der Waals surface area contributed by atoms with Gasteiger partial charge in [0.25, 0.3) is 0 Å². The monoisotopic (exact) mass is 383 g/mol. The maximum Gasteiger partial charge on any atom is 0.411 e. The van der Waals surface area contributed by atoms with Crippen molar-refractivity contribution in [3.63, 3.8) is 0 Å². The van der Waals surface area contributed by atoms with Crippen LogP contribution in [0.3, 0.4) is 0 Å². The fourth-order valence-electron chi connectivity index (χ4n) is 3.70. The number of anilines is 1. The van der Waals surface area contributed by atoms with Crippen LogP contribution in [0, 0.1) is 5.92 Å². The number of aromatic nitrogens is 1. The summed E-state index contributed by atoms with van der Waals surface area (Å²) in [5.74, 6) is 0.637. The molecule has 3 rings (SSSR count). The number of aromatic amines is 1. The summed E-state index contributed by atoms with van der Waals surface area (Å²) in [5, 5.41) is 7.69. The van der Waals surface area contributed by atoms with E-state index in [1.807, 2.05) is 31.2 Å². The van der Waals surface area contributed by atoms with Crippen molar-refractivity contribution >= 4 is 22.7 Å². The van der Waals surface area contributed by atoms with Crippen LogP contribution in [-0.2, 0) is 17.6 Å². The highest BCUT2D eigenvalue weighted by Crippen LogP contribution is 2.33. The molecule has 1 heterocycles. The van der Waals surface area contributed by atoms with Crippen LogP contribution >= 0.6 is 0 Å². The Labute approximate surface area is 167 Å². The zero-order valence-electron chi connectivity index (χ0n) is 17.5. The lowest BCUT2D eigenvalue weighted by Crippen LogP contribution is -2.40. The number of H-pyrrole nitrogens is 1. The second-order valence-electron chi connectivity index (χ2n) is 8.69.